The molecule has 2 fully saturated rings. The maximum absolute atomic E-state index is 12.3. The Balaban J connectivity index is 1.53. The maximum atomic E-state index is 12.3. The number of rotatable bonds is 5. The molecule has 6 nitrogen and oxygen atoms in total. The number of nitrogens with one attached hydrogen (secondary N) is 2. The third kappa shape index (κ3) is 2.88. The number of fused-ring (bicyclic) bond motifs is 1. The van der Waals surface area contributed by atoms with E-state index in [9.17, 15) is 8.42 Å². The van der Waals surface area contributed by atoms with E-state index in [1.165, 1.54) is 12.8 Å². The van der Waals surface area contributed by atoms with Gasteiger partial charge in [0.2, 0.25) is 10.0 Å². The number of sulfonamides is 1. The molecule has 2 heterocycles. The summed E-state index contributed by atoms with van der Waals surface area (Å²) in [6.45, 7) is 1.64. The summed E-state index contributed by atoms with van der Waals surface area (Å²) in [5, 5.41) is 2.78. The van der Waals surface area contributed by atoms with Gasteiger partial charge in [-0.3, -0.25) is 0 Å². The van der Waals surface area contributed by atoms with Gasteiger partial charge in [-0.2, -0.15) is 0 Å². The molecule has 1 aliphatic heterocycles. The minimum atomic E-state index is -3.26. The first kappa shape index (κ1) is 15.1. The largest absolute Gasteiger partial charge is 0.331 e. The number of aromatic nitrogens is 2. The second kappa shape index (κ2) is 5.58. The molecule has 2 N–H and O–H groups in total. The summed E-state index contributed by atoms with van der Waals surface area (Å²) in [6.07, 6.45) is 3.12. The standard InChI is InChI=1S/C16H22N4O2S/c1-20-15-5-2-11(8-14(15)19-16(20)12-3-4-12)9-18-23(21,22)13-6-7-17-10-13/h2,5,8,12-13,17-18H,3-4,6-7,9-10H2,1H3. The lowest BCUT2D eigenvalue weighted by atomic mass is 10.2. The van der Waals surface area contributed by atoms with Gasteiger partial charge in [0.25, 0.3) is 0 Å². The summed E-state index contributed by atoms with van der Waals surface area (Å²) in [5.74, 6) is 1.75. The first-order valence-electron chi connectivity index (χ1n) is 8.19. The van der Waals surface area contributed by atoms with E-state index in [2.05, 4.69) is 21.7 Å². The molecule has 2 aliphatic rings. The van der Waals surface area contributed by atoms with Crippen LogP contribution in [-0.4, -0.2) is 36.3 Å². The van der Waals surface area contributed by atoms with Gasteiger partial charge in [-0.1, -0.05) is 6.07 Å². The van der Waals surface area contributed by atoms with Crippen molar-refractivity contribution >= 4 is 21.1 Å². The Morgan fingerprint density at radius 3 is 2.87 bits per heavy atom. The van der Waals surface area contributed by atoms with Crippen LogP contribution in [0, 0.1) is 0 Å². The molecule has 1 aliphatic carbocycles. The molecule has 1 saturated heterocycles. The lowest BCUT2D eigenvalue weighted by Gasteiger charge is -2.11. The van der Waals surface area contributed by atoms with E-state index in [1.807, 2.05) is 18.2 Å². The Hall–Kier alpha value is -1.44. The van der Waals surface area contributed by atoms with Crippen LogP contribution in [0.3, 0.4) is 0 Å². The molecule has 0 bridgehead atoms. The molecule has 4 rings (SSSR count). The molecule has 2 aromatic rings. The van der Waals surface area contributed by atoms with E-state index in [1.54, 1.807) is 0 Å². The first-order valence-corrected chi connectivity index (χ1v) is 9.74. The quantitative estimate of drug-likeness (QED) is 0.862. The third-order valence-electron chi connectivity index (χ3n) is 4.85. The SMILES string of the molecule is Cn1c(C2CC2)nc2cc(CNS(=O)(=O)C3CCNC3)ccc21. The molecule has 1 aromatic carbocycles. The smallest absolute Gasteiger partial charge is 0.216 e. The zero-order valence-corrected chi connectivity index (χ0v) is 14.1. The molecule has 0 amide bonds. The summed E-state index contributed by atoms with van der Waals surface area (Å²) in [5.41, 5.74) is 3.01. The topological polar surface area (TPSA) is 76.0 Å². The summed E-state index contributed by atoms with van der Waals surface area (Å²) < 4.78 is 29.4. The zero-order valence-electron chi connectivity index (χ0n) is 13.2. The fourth-order valence-electron chi connectivity index (χ4n) is 3.28. The minimum Gasteiger partial charge on any atom is -0.331 e. The van der Waals surface area contributed by atoms with Crippen molar-refractivity contribution in [2.45, 2.75) is 37.0 Å². The van der Waals surface area contributed by atoms with Gasteiger partial charge in [-0.15, -0.1) is 0 Å². The fraction of sp³-hybridized carbons (Fsp3) is 0.562. The van der Waals surface area contributed by atoms with Crippen molar-refractivity contribution in [2.75, 3.05) is 13.1 Å². The highest BCUT2D eigenvalue weighted by atomic mass is 32.2. The van der Waals surface area contributed by atoms with E-state index in [-0.39, 0.29) is 5.25 Å². The Morgan fingerprint density at radius 1 is 1.35 bits per heavy atom. The highest BCUT2D eigenvalue weighted by molar-refractivity contribution is 7.90. The average Bonchev–Trinajstić information content (AvgIpc) is 3.10. The van der Waals surface area contributed by atoms with Crippen molar-refractivity contribution in [2.24, 2.45) is 7.05 Å². The summed E-state index contributed by atoms with van der Waals surface area (Å²) >= 11 is 0. The predicted molar refractivity (Wildman–Crippen MR) is 89.7 cm³/mol. The van der Waals surface area contributed by atoms with Gasteiger partial charge < -0.3 is 9.88 Å². The molecule has 0 spiro atoms. The molecule has 23 heavy (non-hydrogen) atoms. The number of aryl methyl sites for hydroxylation is 1. The van der Waals surface area contributed by atoms with Crippen LogP contribution in [0.5, 0.6) is 0 Å². The van der Waals surface area contributed by atoms with Crippen LogP contribution in [-0.2, 0) is 23.6 Å². The van der Waals surface area contributed by atoms with Gasteiger partial charge in [-0.25, -0.2) is 18.1 Å². The van der Waals surface area contributed by atoms with E-state index in [0.717, 1.165) is 29.0 Å². The molecule has 1 atom stereocenters. The number of hydrogen-bond donors (Lipinski definition) is 2. The van der Waals surface area contributed by atoms with Gasteiger partial charge in [0.05, 0.1) is 16.3 Å². The van der Waals surface area contributed by atoms with Crippen LogP contribution in [0.25, 0.3) is 11.0 Å². The summed E-state index contributed by atoms with van der Waals surface area (Å²) in [6, 6.07) is 6.02. The molecule has 1 unspecified atom stereocenters. The molecule has 1 aromatic heterocycles. The predicted octanol–water partition coefficient (Wildman–Crippen LogP) is 1.23. The highest BCUT2D eigenvalue weighted by Crippen LogP contribution is 2.40. The van der Waals surface area contributed by atoms with E-state index in [4.69, 9.17) is 4.98 Å². The molecule has 1 saturated carbocycles. The van der Waals surface area contributed by atoms with Crippen LogP contribution in [0.2, 0.25) is 0 Å². The fourth-order valence-corrected chi connectivity index (χ4v) is 4.64. The molecule has 7 heteroatoms. The number of hydrogen-bond acceptors (Lipinski definition) is 4. The van der Waals surface area contributed by atoms with Crippen LogP contribution in [0.1, 0.15) is 36.6 Å². The van der Waals surface area contributed by atoms with Crippen LogP contribution in [0.4, 0.5) is 0 Å². The van der Waals surface area contributed by atoms with Crippen molar-refractivity contribution in [3.05, 3.63) is 29.6 Å². The first-order chi connectivity index (χ1) is 11.0. The van der Waals surface area contributed by atoms with Gasteiger partial charge in [0.1, 0.15) is 5.82 Å². The molecule has 0 radical (unpaired) electrons. The van der Waals surface area contributed by atoms with Crippen molar-refractivity contribution in [1.29, 1.82) is 0 Å². The number of imidazole rings is 1. The number of nitrogens with zero attached hydrogens (tertiary/aromatic N) is 2. The van der Waals surface area contributed by atoms with E-state index in [0.29, 0.717) is 25.4 Å². The lowest BCUT2D eigenvalue weighted by Crippen LogP contribution is -2.35. The molecule has 124 valence electrons. The highest BCUT2D eigenvalue weighted by Gasteiger charge is 2.29. The lowest BCUT2D eigenvalue weighted by molar-refractivity contribution is 0.567. The van der Waals surface area contributed by atoms with E-state index < -0.39 is 10.0 Å². The summed E-state index contributed by atoms with van der Waals surface area (Å²) in [4.78, 5) is 4.73. The number of benzene rings is 1. The van der Waals surface area contributed by atoms with Crippen molar-refractivity contribution < 1.29 is 8.42 Å². The molecular weight excluding hydrogens is 312 g/mol. The van der Waals surface area contributed by atoms with Gasteiger partial charge >= 0.3 is 0 Å². The Kier molecular flexibility index (Phi) is 3.66. The van der Waals surface area contributed by atoms with Crippen LogP contribution < -0.4 is 10.0 Å². The third-order valence-corrected chi connectivity index (χ3v) is 6.68. The average molecular weight is 334 g/mol. The monoisotopic (exact) mass is 334 g/mol. The second-order valence-electron chi connectivity index (χ2n) is 6.61. The second-order valence-corrected chi connectivity index (χ2v) is 8.65. The Bertz CT molecular complexity index is 833. The van der Waals surface area contributed by atoms with Crippen LogP contribution in [0.15, 0.2) is 18.2 Å². The maximum Gasteiger partial charge on any atom is 0.216 e. The van der Waals surface area contributed by atoms with Gasteiger partial charge in [-0.05, 0) is 43.5 Å². The van der Waals surface area contributed by atoms with Crippen molar-refractivity contribution in [1.82, 2.24) is 19.6 Å². The van der Waals surface area contributed by atoms with Crippen molar-refractivity contribution in [3.63, 3.8) is 0 Å². The van der Waals surface area contributed by atoms with Gasteiger partial charge in [0.15, 0.2) is 0 Å². The van der Waals surface area contributed by atoms with Crippen molar-refractivity contribution in [3.8, 4) is 0 Å². The normalized spacial score (nSPS) is 22.0. The van der Waals surface area contributed by atoms with Crippen LogP contribution >= 0.6 is 0 Å². The van der Waals surface area contributed by atoms with Gasteiger partial charge in [0, 0.05) is 26.1 Å². The summed E-state index contributed by atoms with van der Waals surface area (Å²) in [7, 11) is -1.20. The zero-order chi connectivity index (χ0) is 16.0. The Labute approximate surface area is 136 Å². The Morgan fingerprint density at radius 2 is 2.17 bits per heavy atom. The minimum absolute atomic E-state index is 0.317. The van der Waals surface area contributed by atoms with E-state index >= 15 is 0 Å². The molecular formula is C16H22N4O2S.